The molecule has 0 aliphatic heterocycles. The lowest BCUT2D eigenvalue weighted by molar-refractivity contribution is 0.111. The minimum absolute atomic E-state index is 0.114. The maximum Gasteiger partial charge on any atom is 0.170 e. The number of rotatable bonds is 2. The van der Waals surface area contributed by atoms with Crippen molar-refractivity contribution in [3.63, 3.8) is 0 Å². The van der Waals surface area contributed by atoms with Gasteiger partial charge in [-0.3, -0.25) is 4.79 Å². The van der Waals surface area contributed by atoms with Crippen molar-refractivity contribution in [1.82, 2.24) is 14.6 Å². The van der Waals surface area contributed by atoms with Crippen LogP contribution in [0, 0.1) is 0 Å². The fourth-order valence-electron chi connectivity index (χ4n) is 2.37. The van der Waals surface area contributed by atoms with Crippen molar-refractivity contribution in [2.45, 2.75) is 26.2 Å². The van der Waals surface area contributed by atoms with Crippen LogP contribution in [0.4, 0.5) is 0 Å². The number of hydrogen-bond donors (Lipinski definition) is 0. The zero-order chi connectivity index (χ0) is 15.9. The van der Waals surface area contributed by atoms with Crippen molar-refractivity contribution in [3.05, 3.63) is 52.8 Å². The molecule has 3 aromatic rings. The van der Waals surface area contributed by atoms with Crippen LogP contribution in [0.2, 0.25) is 5.02 Å². The minimum Gasteiger partial charge on any atom is -0.296 e. The van der Waals surface area contributed by atoms with E-state index in [1.807, 2.05) is 30.3 Å². The van der Waals surface area contributed by atoms with Gasteiger partial charge in [0.25, 0.3) is 0 Å². The van der Waals surface area contributed by atoms with Crippen LogP contribution in [0.25, 0.3) is 16.9 Å². The molecule has 0 spiro atoms. The first-order valence-electron chi connectivity index (χ1n) is 7.00. The largest absolute Gasteiger partial charge is 0.296 e. The second kappa shape index (κ2) is 5.21. The Morgan fingerprint density at radius 1 is 1.18 bits per heavy atom. The smallest absolute Gasteiger partial charge is 0.170 e. The summed E-state index contributed by atoms with van der Waals surface area (Å²) in [5.41, 5.74) is 3.82. The molecular formula is C17H16ClN3O. The molecule has 0 aliphatic rings. The predicted octanol–water partition coefficient (Wildman–Crippen LogP) is 4.16. The Morgan fingerprint density at radius 2 is 1.86 bits per heavy atom. The Bertz CT molecular complexity index is 845. The molecular weight excluding hydrogens is 298 g/mol. The second-order valence-corrected chi connectivity index (χ2v) is 6.69. The number of halogens is 1. The Labute approximate surface area is 133 Å². The topological polar surface area (TPSA) is 47.3 Å². The highest BCUT2D eigenvalue weighted by molar-refractivity contribution is 6.30. The minimum atomic E-state index is -0.114. The summed E-state index contributed by atoms with van der Waals surface area (Å²) in [6.45, 7) is 6.34. The number of nitrogens with zero attached hydrogens (tertiary/aromatic N) is 3. The molecule has 0 saturated heterocycles. The molecule has 1 aromatic carbocycles. The van der Waals surface area contributed by atoms with Crippen LogP contribution in [0.3, 0.4) is 0 Å². The van der Waals surface area contributed by atoms with E-state index in [2.05, 4.69) is 30.9 Å². The molecule has 0 bridgehead atoms. The van der Waals surface area contributed by atoms with E-state index in [1.54, 1.807) is 10.7 Å². The Kier molecular flexibility index (Phi) is 3.49. The van der Waals surface area contributed by atoms with Crippen LogP contribution in [0.15, 0.2) is 36.5 Å². The van der Waals surface area contributed by atoms with Gasteiger partial charge in [-0.05, 0) is 23.6 Å². The van der Waals surface area contributed by atoms with Gasteiger partial charge in [-0.2, -0.15) is 5.10 Å². The third kappa shape index (κ3) is 2.62. The first kappa shape index (κ1) is 14.7. The van der Waals surface area contributed by atoms with Crippen molar-refractivity contribution >= 4 is 23.5 Å². The molecule has 0 N–H and O–H groups in total. The highest BCUT2D eigenvalue weighted by Crippen LogP contribution is 2.30. The predicted molar refractivity (Wildman–Crippen MR) is 87.5 cm³/mol. The van der Waals surface area contributed by atoms with E-state index >= 15 is 0 Å². The van der Waals surface area contributed by atoms with Gasteiger partial charge in [0.2, 0.25) is 0 Å². The molecule has 4 nitrogen and oxygen atoms in total. The summed E-state index contributed by atoms with van der Waals surface area (Å²) in [5.74, 6) is 0. The van der Waals surface area contributed by atoms with Gasteiger partial charge in [-0.25, -0.2) is 9.50 Å². The van der Waals surface area contributed by atoms with Crippen LogP contribution < -0.4 is 0 Å². The summed E-state index contributed by atoms with van der Waals surface area (Å²) in [5, 5.41) is 5.26. The highest BCUT2D eigenvalue weighted by Gasteiger charge is 2.21. The normalized spacial score (nSPS) is 11.8. The number of aromatic nitrogens is 3. The van der Waals surface area contributed by atoms with E-state index in [0.717, 1.165) is 23.1 Å². The molecule has 0 radical (unpaired) electrons. The number of aldehydes is 1. The fourth-order valence-corrected chi connectivity index (χ4v) is 2.49. The lowest BCUT2D eigenvalue weighted by atomic mass is 9.87. The lowest BCUT2D eigenvalue weighted by Gasteiger charge is -2.20. The zero-order valence-electron chi connectivity index (χ0n) is 12.7. The van der Waals surface area contributed by atoms with E-state index < -0.39 is 0 Å². The van der Waals surface area contributed by atoms with Crippen LogP contribution in [0.1, 0.15) is 36.8 Å². The van der Waals surface area contributed by atoms with E-state index in [1.165, 1.54) is 0 Å². The number of imidazole rings is 1. The van der Waals surface area contributed by atoms with Crippen molar-refractivity contribution in [2.75, 3.05) is 0 Å². The molecule has 22 heavy (non-hydrogen) atoms. The summed E-state index contributed by atoms with van der Waals surface area (Å²) in [4.78, 5) is 15.4. The van der Waals surface area contributed by atoms with E-state index in [0.29, 0.717) is 16.4 Å². The third-order valence-electron chi connectivity index (χ3n) is 3.51. The monoisotopic (exact) mass is 313 g/mol. The third-order valence-corrected chi connectivity index (χ3v) is 3.76. The molecule has 2 heterocycles. The lowest BCUT2D eigenvalue weighted by Crippen LogP contribution is -2.14. The number of fused-ring (bicyclic) bond motifs is 1. The average Bonchev–Trinajstić information content (AvgIpc) is 2.88. The molecule has 0 unspecified atom stereocenters. The van der Waals surface area contributed by atoms with Gasteiger partial charge in [-0.15, -0.1) is 0 Å². The number of carbonyl (C=O) groups excluding carboxylic acids is 1. The van der Waals surface area contributed by atoms with Crippen molar-refractivity contribution in [1.29, 1.82) is 0 Å². The molecule has 3 rings (SSSR count). The van der Waals surface area contributed by atoms with Gasteiger partial charge in [-0.1, -0.05) is 44.5 Å². The van der Waals surface area contributed by atoms with Gasteiger partial charge in [0.15, 0.2) is 11.9 Å². The van der Waals surface area contributed by atoms with Crippen LogP contribution in [-0.4, -0.2) is 20.9 Å². The molecule has 0 saturated carbocycles. The Hall–Kier alpha value is -2.20. The number of hydrogen-bond acceptors (Lipinski definition) is 3. The van der Waals surface area contributed by atoms with Gasteiger partial charge in [0.1, 0.15) is 5.69 Å². The van der Waals surface area contributed by atoms with E-state index in [4.69, 9.17) is 11.6 Å². The average molecular weight is 314 g/mol. The quantitative estimate of drug-likeness (QED) is 0.667. The van der Waals surface area contributed by atoms with Crippen LogP contribution >= 0.6 is 11.6 Å². The van der Waals surface area contributed by atoms with Gasteiger partial charge in [0.05, 0.1) is 11.9 Å². The first-order chi connectivity index (χ1) is 10.4. The fraction of sp³-hybridized carbons (Fsp3) is 0.235. The number of carbonyl (C=O) groups is 1. The van der Waals surface area contributed by atoms with E-state index in [9.17, 15) is 4.79 Å². The zero-order valence-corrected chi connectivity index (χ0v) is 13.4. The van der Waals surface area contributed by atoms with Crippen molar-refractivity contribution in [3.8, 4) is 11.3 Å². The molecule has 0 atom stereocenters. The highest BCUT2D eigenvalue weighted by atomic mass is 35.5. The summed E-state index contributed by atoms with van der Waals surface area (Å²) in [7, 11) is 0. The number of benzene rings is 1. The summed E-state index contributed by atoms with van der Waals surface area (Å²) < 4.78 is 1.67. The van der Waals surface area contributed by atoms with Gasteiger partial charge in [0, 0.05) is 16.1 Å². The van der Waals surface area contributed by atoms with Crippen LogP contribution in [-0.2, 0) is 5.41 Å². The molecule has 0 fully saturated rings. The molecule has 0 amide bonds. The summed E-state index contributed by atoms with van der Waals surface area (Å²) in [6, 6.07) is 9.57. The second-order valence-electron chi connectivity index (χ2n) is 6.25. The standard InChI is InChI=1S/C17H16ClN3O/c1-17(2,3)14-8-15(11-4-6-12(18)7-5-11)20-21-9-13(10-22)19-16(14)21/h4-10H,1-3H3. The molecule has 112 valence electrons. The molecule has 2 aromatic heterocycles. The van der Waals surface area contributed by atoms with Gasteiger partial charge >= 0.3 is 0 Å². The van der Waals surface area contributed by atoms with Crippen LogP contribution in [0.5, 0.6) is 0 Å². The Balaban J connectivity index is 2.28. The molecule has 0 aliphatic carbocycles. The van der Waals surface area contributed by atoms with Crippen molar-refractivity contribution in [2.24, 2.45) is 0 Å². The maximum atomic E-state index is 11.0. The van der Waals surface area contributed by atoms with E-state index in [-0.39, 0.29) is 5.41 Å². The van der Waals surface area contributed by atoms with Crippen molar-refractivity contribution < 1.29 is 4.79 Å². The SMILES string of the molecule is CC(C)(C)c1cc(-c2ccc(Cl)cc2)nn2cc(C=O)nc12. The maximum absolute atomic E-state index is 11.0. The van der Waals surface area contributed by atoms with Gasteiger partial charge < -0.3 is 0 Å². The Morgan fingerprint density at radius 3 is 2.45 bits per heavy atom. The first-order valence-corrected chi connectivity index (χ1v) is 7.38. The molecule has 5 heteroatoms. The summed E-state index contributed by atoms with van der Waals surface area (Å²) in [6.07, 6.45) is 2.39. The summed E-state index contributed by atoms with van der Waals surface area (Å²) >= 11 is 5.95.